The molecule has 0 unspecified atom stereocenters. The number of rotatable bonds is 9. The second-order valence-electron chi connectivity index (χ2n) is 6.14. The van der Waals surface area contributed by atoms with E-state index in [-0.39, 0.29) is 39.9 Å². The Bertz CT molecular complexity index is 1030. The molecule has 0 atom stereocenters. The van der Waals surface area contributed by atoms with Crippen molar-refractivity contribution in [2.45, 2.75) is 12.8 Å². The molecule has 0 saturated heterocycles. The van der Waals surface area contributed by atoms with E-state index in [1.165, 1.54) is 26.4 Å². The van der Waals surface area contributed by atoms with E-state index in [0.717, 1.165) is 0 Å². The van der Waals surface area contributed by atoms with E-state index in [4.69, 9.17) is 42.3 Å². The third-order valence-electron chi connectivity index (χ3n) is 3.96. The highest BCUT2D eigenvalue weighted by atomic mass is 35.5. The zero-order valence-corrected chi connectivity index (χ0v) is 18.7. The normalized spacial score (nSPS) is 12.4. The van der Waals surface area contributed by atoms with Gasteiger partial charge >= 0.3 is 12.1 Å². The molecule has 178 valence electrons. The van der Waals surface area contributed by atoms with Crippen LogP contribution >= 0.6 is 23.2 Å². The maximum atomic E-state index is 12.9. The quantitative estimate of drug-likeness (QED) is 0.182. The van der Waals surface area contributed by atoms with Crippen molar-refractivity contribution in [1.29, 1.82) is 0 Å². The fourth-order valence-corrected chi connectivity index (χ4v) is 3.07. The number of nitrogens with zero attached hydrogens (tertiary/aromatic N) is 1. The number of carbonyl (C=O) groups is 1. The summed E-state index contributed by atoms with van der Waals surface area (Å²) in [5, 5.41) is 3.57. The topological polar surface area (TPSA) is 66.4 Å². The number of esters is 1. The third-order valence-corrected chi connectivity index (χ3v) is 4.52. The number of carbonyl (C=O) groups excluding carboxylic acids is 1. The van der Waals surface area contributed by atoms with Gasteiger partial charge in [0, 0.05) is 17.7 Å². The van der Waals surface area contributed by atoms with Crippen molar-refractivity contribution >= 4 is 34.9 Å². The molecule has 0 radical (unpaired) electrons. The average molecular weight is 510 g/mol. The molecule has 0 heterocycles. The van der Waals surface area contributed by atoms with Gasteiger partial charge in [0.05, 0.1) is 17.2 Å². The number of hydrogen-bond donors (Lipinski definition) is 0. The van der Waals surface area contributed by atoms with Crippen LogP contribution < -0.4 is 9.47 Å². The summed E-state index contributed by atoms with van der Waals surface area (Å²) in [4.78, 5) is 16.7. The minimum Gasteiger partial charge on any atom is -0.489 e. The summed E-state index contributed by atoms with van der Waals surface area (Å²) in [6, 6.07) is 9.35. The summed E-state index contributed by atoms with van der Waals surface area (Å²) in [7, 11) is 2.48. The molecule has 0 aliphatic carbocycles. The number of ether oxygens (including phenoxy) is 3. The predicted octanol–water partition coefficient (Wildman–Crippen LogP) is 5.89. The number of allylic oxidation sites excluding steroid dienone is 1. The van der Waals surface area contributed by atoms with Gasteiger partial charge in [-0.25, -0.2) is 9.18 Å². The second kappa shape index (κ2) is 11.8. The van der Waals surface area contributed by atoms with E-state index in [1.54, 1.807) is 24.3 Å². The highest BCUT2D eigenvalue weighted by Gasteiger charge is 2.34. The molecule has 0 aromatic heterocycles. The molecular formula is C21H17Cl2F4NO5. The largest absolute Gasteiger partial charge is 0.489 e. The molecule has 2 aromatic carbocycles. The predicted molar refractivity (Wildman–Crippen MR) is 114 cm³/mol. The number of oxime groups is 1. The molecule has 0 N–H and O–H groups in total. The van der Waals surface area contributed by atoms with Crippen molar-refractivity contribution in [2.24, 2.45) is 5.16 Å². The van der Waals surface area contributed by atoms with Crippen molar-refractivity contribution < 1.29 is 41.4 Å². The van der Waals surface area contributed by atoms with Crippen LogP contribution in [0.25, 0.3) is 0 Å². The zero-order chi connectivity index (χ0) is 24.6. The first-order chi connectivity index (χ1) is 15.6. The van der Waals surface area contributed by atoms with Crippen LogP contribution in [0.4, 0.5) is 17.6 Å². The van der Waals surface area contributed by atoms with E-state index < -0.39 is 24.6 Å². The lowest BCUT2D eigenvalue weighted by molar-refractivity contribution is -0.132. The van der Waals surface area contributed by atoms with E-state index in [0.29, 0.717) is 11.1 Å². The first-order valence-electron chi connectivity index (χ1n) is 9.03. The lowest BCUT2D eigenvalue weighted by Gasteiger charge is -2.14. The number of alkyl halides is 3. The van der Waals surface area contributed by atoms with E-state index >= 15 is 0 Å². The fraction of sp³-hybridized carbons (Fsp3) is 0.238. The lowest BCUT2D eigenvalue weighted by atomic mass is 10.0. The van der Waals surface area contributed by atoms with Gasteiger partial charge in [0.1, 0.15) is 26.1 Å². The third kappa shape index (κ3) is 7.26. The molecule has 33 heavy (non-hydrogen) atoms. The van der Waals surface area contributed by atoms with Crippen molar-refractivity contribution in [2.75, 3.05) is 20.8 Å². The van der Waals surface area contributed by atoms with E-state index in [2.05, 4.69) is 5.16 Å². The monoisotopic (exact) mass is 509 g/mol. The molecule has 0 aliphatic heterocycles. The lowest BCUT2D eigenvalue weighted by Crippen LogP contribution is -2.19. The minimum absolute atomic E-state index is 0.0394. The molecule has 0 fully saturated rings. The molecule has 0 aliphatic rings. The van der Waals surface area contributed by atoms with Crippen LogP contribution in [0.1, 0.15) is 11.1 Å². The van der Waals surface area contributed by atoms with E-state index in [1.807, 2.05) is 0 Å². The Morgan fingerprint density at radius 3 is 2.30 bits per heavy atom. The summed E-state index contributed by atoms with van der Waals surface area (Å²) in [5.74, 6) is -2.95. The summed E-state index contributed by atoms with van der Waals surface area (Å²) in [5.41, 5.74) is 0.888. The van der Waals surface area contributed by atoms with Crippen LogP contribution in [0.5, 0.6) is 11.5 Å². The molecule has 12 heteroatoms. The number of hydrogen-bond acceptors (Lipinski definition) is 6. The van der Waals surface area contributed by atoms with Crippen LogP contribution in [0, 0.1) is 0 Å². The van der Waals surface area contributed by atoms with E-state index in [9.17, 15) is 22.4 Å². The molecule has 6 nitrogen and oxygen atoms in total. The Morgan fingerprint density at radius 2 is 1.73 bits per heavy atom. The van der Waals surface area contributed by atoms with Crippen LogP contribution in [-0.4, -0.2) is 38.7 Å². The standard InChI is InChI=1S/C21H17Cl2F4NO5/c1-30-20(29)18(28-31-2)14-6-4-3-5-12(14)11-33-13-9-15(22)19(16(23)10-13)32-8-7-17(24)21(25,26)27/h3-7,9-10H,8,11H2,1-2H3. The molecule has 0 bridgehead atoms. The van der Waals surface area contributed by atoms with Gasteiger partial charge < -0.3 is 19.0 Å². The van der Waals surface area contributed by atoms with Gasteiger partial charge in [-0.1, -0.05) is 52.6 Å². The SMILES string of the molecule is CON=C(C(=O)OC)c1ccccc1COc1cc(Cl)c(OCC=C(F)C(F)(F)F)c(Cl)c1. The molecule has 0 amide bonds. The molecule has 2 rings (SSSR count). The Balaban J connectivity index is 2.18. The number of benzene rings is 2. The maximum Gasteiger partial charge on any atom is 0.442 e. The number of methoxy groups -OCH3 is 1. The highest BCUT2D eigenvalue weighted by Crippen LogP contribution is 2.37. The highest BCUT2D eigenvalue weighted by molar-refractivity contribution is 6.43. The molecule has 0 saturated carbocycles. The van der Waals surface area contributed by atoms with Crippen LogP contribution in [0.2, 0.25) is 10.0 Å². The average Bonchev–Trinajstić information content (AvgIpc) is 2.76. The van der Waals surface area contributed by atoms with Gasteiger partial charge in [-0.05, 0) is 11.6 Å². The second-order valence-corrected chi connectivity index (χ2v) is 6.95. The first kappa shape index (κ1) is 26.3. The Labute approximate surface area is 196 Å². The zero-order valence-electron chi connectivity index (χ0n) is 17.2. The van der Waals surface area contributed by atoms with Gasteiger partial charge in [0.15, 0.2) is 11.5 Å². The van der Waals surface area contributed by atoms with Gasteiger partial charge in [-0.2, -0.15) is 13.2 Å². The summed E-state index contributed by atoms with van der Waals surface area (Å²) < 4.78 is 64.9. The Kier molecular flexibility index (Phi) is 9.36. The van der Waals surface area contributed by atoms with Gasteiger partial charge in [0.2, 0.25) is 5.83 Å². The summed E-state index contributed by atoms with van der Waals surface area (Å²) in [6.45, 7) is -0.782. The summed E-state index contributed by atoms with van der Waals surface area (Å²) >= 11 is 12.2. The van der Waals surface area contributed by atoms with Crippen molar-refractivity contribution in [3.63, 3.8) is 0 Å². The maximum absolute atomic E-state index is 12.9. The van der Waals surface area contributed by atoms with Crippen LogP contribution in [0.15, 0.2) is 53.5 Å². The van der Waals surface area contributed by atoms with Gasteiger partial charge in [0.25, 0.3) is 0 Å². The van der Waals surface area contributed by atoms with Crippen LogP contribution in [0.3, 0.4) is 0 Å². The minimum atomic E-state index is -5.10. The number of halogens is 6. The van der Waals surface area contributed by atoms with Crippen molar-refractivity contribution in [3.05, 3.63) is 69.5 Å². The van der Waals surface area contributed by atoms with Gasteiger partial charge in [-0.3, -0.25) is 0 Å². The van der Waals surface area contributed by atoms with Crippen molar-refractivity contribution in [1.82, 2.24) is 0 Å². The Hall–Kier alpha value is -2.98. The summed E-state index contributed by atoms with van der Waals surface area (Å²) in [6.07, 6.45) is -4.89. The molecule has 2 aromatic rings. The smallest absolute Gasteiger partial charge is 0.442 e. The van der Waals surface area contributed by atoms with Gasteiger partial charge in [-0.15, -0.1) is 0 Å². The van der Waals surface area contributed by atoms with Crippen molar-refractivity contribution in [3.8, 4) is 11.5 Å². The Morgan fingerprint density at radius 1 is 1.09 bits per heavy atom. The van der Waals surface area contributed by atoms with Crippen LogP contribution in [-0.2, 0) is 21.0 Å². The fourth-order valence-electron chi connectivity index (χ4n) is 2.49. The molecule has 0 spiro atoms. The molecular weight excluding hydrogens is 493 g/mol. The first-order valence-corrected chi connectivity index (χ1v) is 9.79.